The Kier molecular flexibility index (Phi) is 8.09. The summed E-state index contributed by atoms with van der Waals surface area (Å²) >= 11 is 1.27. The number of pyridine rings is 2. The molecule has 3 aromatic rings. The first kappa shape index (κ1) is 23.9. The molecule has 0 saturated carbocycles. The number of hydrogen-bond donors (Lipinski definition) is 1. The third-order valence-corrected chi connectivity index (χ3v) is 5.53. The van der Waals surface area contributed by atoms with Crippen molar-refractivity contribution in [1.29, 1.82) is 0 Å². The summed E-state index contributed by atoms with van der Waals surface area (Å²) in [5.41, 5.74) is 1.21. The zero-order valence-electron chi connectivity index (χ0n) is 18.4. The van der Waals surface area contributed by atoms with E-state index in [0.29, 0.717) is 22.7 Å². The van der Waals surface area contributed by atoms with Crippen molar-refractivity contribution in [1.82, 2.24) is 9.97 Å². The maximum absolute atomic E-state index is 12.6. The number of carbonyl (C=O) groups is 3. The molecule has 0 fully saturated rings. The molecular formula is C23H23N3O6S. The number of ether oxygens (including phenoxy) is 3. The van der Waals surface area contributed by atoms with Gasteiger partial charge in [0.15, 0.2) is 6.61 Å². The Morgan fingerprint density at radius 3 is 2.55 bits per heavy atom. The fourth-order valence-electron chi connectivity index (χ4n) is 3.03. The molecule has 0 aliphatic rings. The highest BCUT2D eigenvalue weighted by molar-refractivity contribution is 7.16. The van der Waals surface area contributed by atoms with Crippen LogP contribution in [0.4, 0.5) is 5.00 Å². The fraction of sp³-hybridized carbons (Fsp3) is 0.261. The Bertz CT molecular complexity index is 1150. The van der Waals surface area contributed by atoms with E-state index in [4.69, 9.17) is 14.2 Å². The highest BCUT2D eigenvalue weighted by Crippen LogP contribution is 2.34. The summed E-state index contributed by atoms with van der Waals surface area (Å²) in [6.45, 7) is 5.17. The van der Waals surface area contributed by atoms with Crippen LogP contribution in [0, 0.1) is 6.92 Å². The van der Waals surface area contributed by atoms with Crippen molar-refractivity contribution >= 4 is 34.2 Å². The number of carbonyl (C=O) groups excluding carboxylic acids is 3. The lowest BCUT2D eigenvalue weighted by molar-refractivity contribution is -0.119. The van der Waals surface area contributed by atoms with Crippen LogP contribution in [0.2, 0.25) is 0 Å². The van der Waals surface area contributed by atoms with Gasteiger partial charge in [0.2, 0.25) is 5.88 Å². The fourth-order valence-corrected chi connectivity index (χ4v) is 4.18. The smallest absolute Gasteiger partial charge is 0.344 e. The maximum atomic E-state index is 12.6. The van der Waals surface area contributed by atoms with Gasteiger partial charge < -0.3 is 19.5 Å². The molecule has 172 valence electrons. The van der Waals surface area contributed by atoms with Crippen LogP contribution in [0.15, 0.2) is 42.9 Å². The molecule has 0 aromatic carbocycles. The molecule has 3 heterocycles. The molecule has 1 amide bonds. The number of aryl methyl sites for hydroxylation is 1. The van der Waals surface area contributed by atoms with E-state index >= 15 is 0 Å². The maximum Gasteiger partial charge on any atom is 0.344 e. The van der Waals surface area contributed by atoms with E-state index in [1.54, 1.807) is 31.3 Å². The minimum absolute atomic E-state index is 0.0296. The second-order valence-electron chi connectivity index (χ2n) is 6.69. The zero-order chi connectivity index (χ0) is 23.8. The first-order valence-electron chi connectivity index (χ1n) is 10.2. The summed E-state index contributed by atoms with van der Waals surface area (Å²) in [6.07, 6.45) is 5.15. The Labute approximate surface area is 194 Å². The summed E-state index contributed by atoms with van der Waals surface area (Å²) in [4.78, 5) is 46.4. The van der Waals surface area contributed by atoms with Gasteiger partial charge in [-0.15, -0.1) is 11.3 Å². The molecule has 9 nitrogen and oxygen atoms in total. The number of amides is 1. The van der Waals surface area contributed by atoms with E-state index in [1.165, 1.54) is 29.8 Å². The molecule has 33 heavy (non-hydrogen) atoms. The number of anilines is 1. The highest BCUT2D eigenvalue weighted by atomic mass is 32.1. The van der Waals surface area contributed by atoms with E-state index < -0.39 is 24.5 Å². The van der Waals surface area contributed by atoms with Gasteiger partial charge in [-0.1, -0.05) is 6.92 Å². The molecule has 1 N–H and O–H groups in total. The molecule has 0 saturated heterocycles. The Hall–Kier alpha value is -3.79. The van der Waals surface area contributed by atoms with E-state index in [0.717, 1.165) is 10.4 Å². The Morgan fingerprint density at radius 2 is 1.85 bits per heavy atom. The number of nitrogens with one attached hydrogen (secondary N) is 1. The number of aromatic nitrogens is 2. The minimum Gasteiger partial charge on any atom is -0.462 e. The summed E-state index contributed by atoms with van der Waals surface area (Å²) in [5, 5.41) is 3.02. The molecule has 3 aromatic heterocycles. The molecular weight excluding hydrogens is 446 g/mol. The van der Waals surface area contributed by atoms with Crippen molar-refractivity contribution in [2.75, 3.05) is 18.5 Å². The molecule has 3 rings (SSSR count). The van der Waals surface area contributed by atoms with Crippen LogP contribution < -0.4 is 10.1 Å². The van der Waals surface area contributed by atoms with Gasteiger partial charge in [-0.2, -0.15) is 0 Å². The second-order valence-corrected chi connectivity index (χ2v) is 7.91. The lowest BCUT2D eigenvalue weighted by atomic mass is 10.1. The first-order chi connectivity index (χ1) is 15.9. The Balaban J connectivity index is 1.68. The first-order valence-corrected chi connectivity index (χ1v) is 11.0. The number of esters is 2. The number of thiophene rings is 1. The molecule has 10 heteroatoms. The third kappa shape index (κ3) is 5.92. The van der Waals surface area contributed by atoms with Crippen LogP contribution in [0.25, 0.3) is 0 Å². The predicted octanol–water partition coefficient (Wildman–Crippen LogP) is 4.17. The molecule has 0 atom stereocenters. The standard InChI is InChI=1S/C23H23N3O6S/c1-4-16-14(3)33-21(19(16)23(29)30-5-2)26-18(27)13-31-22(28)17-9-7-11-25-20(17)32-15-8-6-10-24-12-15/h6-12H,4-5,13H2,1-3H3,(H,26,27). The van der Waals surface area contributed by atoms with Gasteiger partial charge in [0, 0.05) is 17.3 Å². The summed E-state index contributed by atoms with van der Waals surface area (Å²) < 4.78 is 15.9. The average Bonchev–Trinajstić information content (AvgIpc) is 3.13. The normalized spacial score (nSPS) is 10.4. The van der Waals surface area contributed by atoms with Crippen LogP contribution in [-0.2, 0) is 20.7 Å². The molecule has 0 bridgehead atoms. The topological polar surface area (TPSA) is 117 Å². The minimum atomic E-state index is -0.778. The van der Waals surface area contributed by atoms with Crippen molar-refractivity contribution < 1.29 is 28.6 Å². The molecule has 0 aliphatic heterocycles. The van der Waals surface area contributed by atoms with Crippen LogP contribution >= 0.6 is 11.3 Å². The van der Waals surface area contributed by atoms with Gasteiger partial charge >= 0.3 is 11.9 Å². The molecule has 0 unspecified atom stereocenters. The summed E-state index contributed by atoms with van der Waals surface area (Å²) in [6, 6.07) is 6.38. The lowest BCUT2D eigenvalue weighted by Gasteiger charge is -2.10. The number of rotatable bonds is 9. The van der Waals surface area contributed by atoms with Crippen molar-refractivity contribution in [3.8, 4) is 11.6 Å². The quantitative estimate of drug-likeness (QED) is 0.464. The Morgan fingerprint density at radius 1 is 1.06 bits per heavy atom. The van der Waals surface area contributed by atoms with Crippen molar-refractivity contribution in [2.24, 2.45) is 0 Å². The lowest BCUT2D eigenvalue weighted by Crippen LogP contribution is -2.22. The highest BCUT2D eigenvalue weighted by Gasteiger charge is 2.24. The van der Waals surface area contributed by atoms with Crippen molar-refractivity contribution in [2.45, 2.75) is 27.2 Å². The summed E-state index contributed by atoms with van der Waals surface area (Å²) in [7, 11) is 0. The van der Waals surface area contributed by atoms with E-state index in [2.05, 4.69) is 15.3 Å². The van der Waals surface area contributed by atoms with Crippen molar-refractivity contribution in [3.05, 3.63) is 64.4 Å². The van der Waals surface area contributed by atoms with Crippen LogP contribution in [0.5, 0.6) is 11.6 Å². The van der Waals surface area contributed by atoms with Gasteiger partial charge in [-0.3, -0.25) is 9.78 Å². The number of nitrogens with zero attached hydrogens (tertiary/aromatic N) is 2. The zero-order valence-corrected chi connectivity index (χ0v) is 19.2. The van der Waals surface area contributed by atoms with Gasteiger partial charge in [0.1, 0.15) is 16.3 Å². The largest absolute Gasteiger partial charge is 0.462 e. The van der Waals surface area contributed by atoms with Gasteiger partial charge in [-0.25, -0.2) is 14.6 Å². The molecule has 0 spiro atoms. The molecule has 0 aliphatic carbocycles. The van der Waals surface area contributed by atoms with Gasteiger partial charge in [-0.05, 0) is 50.1 Å². The third-order valence-electron chi connectivity index (χ3n) is 4.47. The predicted molar refractivity (Wildman–Crippen MR) is 122 cm³/mol. The van der Waals surface area contributed by atoms with Crippen LogP contribution in [0.1, 0.15) is 45.0 Å². The van der Waals surface area contributed by atoms with E-state index in [-0.39, 0.29) is 18.1 Å². The van der Waals surface area contributed by atoms with E-state index in [1.807, 2.05) is 13.8 Å². The second kappa shape index (κ2) is 11.2. The molecule has 0 radical (unpaired) electrons. The van der Waals surface area contributed by atoms with Crippen LogP contribution in [0.3, 0.4) is 0 Å². The van der Waals surface area contributed by atoms with Gasteiger partial charge in [0.25, 0.3) is 5.91 Å². The summed E-state index contributed by atoms with van der Waals surface area (Å²) in [5.74, 6) is -1.44. The van der Waals surface area contributed by atoms with Crippen molar-refractivity contribution in [3.63, 3.8) is 0 Å². The number of hydrogen-bond acceptors (Lipinski definition) is 9. The monoisotopic (exact) mass is 469 g/mol. The van der Waals surface area contributed by atoms with Gasteiger partial charge in [0.05, 0.1) is 18.4 Å². The average molecular weight is 470 g/mol. The SMILES string of the molecule is CCOC(=O)c1c(NC(=O)COC(=O)c2cccnc2Oc2cccnc2)sc(C)c1CC. The van der Waals surface area contributed by atoms with Crippen LogP contribution in [-0.4, -0.2) is 41.0 Å². The van der Waals surface area contributed by atoms with E-state index in [9.17, 15) is 14.4 Å².